The van der Waals surface area contributed by atoms with E-state index in [1.54, 1.807) is 24.5 Å². The van der Waals surface area contributed by atoms with Crippen molar-refractivity contribution in [2.75, 3.05) is 6.54 Å². The van der Waals surface area contributed by atoms with Crippen LogP contribution in [0.25, 0.3) is 0 Å². The molecule has 0 aromatic carbocycles. The van der Waals surface area contributed by atoms with Crippen LogP contribution < -0.4 is 10.1 Å². The zero-order chi connectivity index (χ0) is 16.8. The van der Waals surface area contributed by atoms with Crippen LogP contribution in [-0.2, 0) is 6.42 Å². The summed E-state index contributed by atoms with van der Waals surface area (Å²) in [5.74, 6) is 0.155. The summed E-state index contributed by atoms with van der Waals surface area (Å²) in [4.78, 5) is 20.6. The number of aryl methyl sites for hydroxylation is 1. The molecule has 1 saturated carbocycles. The van der Waals surface area contributed by atoms with Crippen LogP contribution in [0, 0.1) is 0 Å². The molecule has 1 aliphatic rings. The fraction of sp³-hybridized carbons (Fsp3) is 0.389. The van der Waals surface area contributed by atoms with Crippen LogP contribution in [0.4, 0.5) is 0 Å². The second-order valence-electron chi connectivity index (χ2n) is 5.87. The molecule has 2 aromatic rings. The summed E-state index contributed by atoms with van der Waals surface area (Å²) in [6.07, 6.45) is 8.61. The number of halogens is 1. The zero-order valence-corrected chi connectivity index (χ0v) is 14.1. The third-order valence-electron chi connectivity index (χ3n) is 4.08. The minimum atomic E-state index is -0.178. The van der Waals surface area contributed by atoms with E-state index in [4.69, 9.17) is 16.3 Å². The van der Waals surface area contributed by atoms with E-state index in [9.17, 15) is 4.79 Å². The van der Waals surface area contributed by atoms with Gasteiger partial charge in [-0.2, -0.15) is 0 Å². The van der Waals surface area contributed by atoms with Crippen molar-refractivity contribution in [2.45, 2.75) is 38.2 Å². The predicted molar refractivity (Wildman–Crippen MR) is 92.4 cm³/mol. The fourth-order valence-corrected chi connectivity index (χ4v) is 2.61. The summed E-state index contributed by atoms with van der Waals surface area (Å²) >= 11 is 5.93. The van der Waals surface area contributed by atoms with Crippen molar-refractivity contribution in [1.29, 1.82) is 0 Å². The van der Waals surface area contributed by atoms with Crippen LogP contribution >= 0.6 is 11.6 Å². The number of pyridine rings is 2. The van der Waals surface area contributed by atoms with Crippen LogP contribution in [0.1, 0.15) is 41.6 Å². The Morgan fingerprint density at radius 1 is 1.25 bits per heavy atom. The Hall–Kier alpha value is -2.14. The van der Waals surface area contributed by atoms with E-state index < -0.39 is 0 Å². The van der Waals surface area contributed by atoms with Crippen LogP contribution in [0.5, 0.6) is 5.88 Å². The van der Waals surface area contributed by atoms with Crippen molar-refractivity contribution >= 4 is 17.5 Å². The number of amides is 1. The van der Waals surface area contributed by atoms with Crippen molar-refractivity contribution in [2.24, 2.45) is 0 Å². The molecule has 5 nitrogen and oxygen atoms in total. The van der Waals surface area contributed by atoms with Gasteiger partial charge in [0.05, 0.1) is 0 Å². The molecular weight excluding hydrogens is 326 g/mol. The lowest BCUT2D eigenvalue weighted by atomic mass is 9.96. The SMILES string of the molecule is O=C(NCCCc1ccncc1)c1ccc(Cl)nc1OC1CCC1. The highest BCUT2D eigenvalue weighted by Gasteiger charge is 2.23. The maximum Gasteiger partial charge on any atom is 0.256 e. The monoisotopic (exact) mass is 345 g/mol. The maximum atomic E-state index is 12.4. The van der Waals surface area contributed by atoms with Gasteiger partial charge in [0, 0.05) is 18.9 Å². The molecule has 126 valence electrons. The van der Waals surface area contributed by atoms with Crippen molar-refractivity contribution in [3.05, 3.63) is 52.9 Å². The molecule has 0 spiro atoms. The van der Waals surface area contributed by atoms with Gasteiger partial charge in [0.25, 0.3) is 5.91 Å². The van der Waals surface area contributed by atoms with E-state index in [2.05, 4.69) is 15.3 Å². The largest absolute Gasteiger partial charge is 0.474 e. The van der Waals surface area contributed by atoms with Crippen molar-refractivity contribution < 1.29 is 9.53 Å². The lowest BCUT2D eigenvalue weighted by molar-refractivity contribution is 0.0919. The zero-order valence-electron chi connectivity index (χ0n) is 13.4. The van der Waals surface area contributed by atoms with Gasteiger partial charge < -0.3 is 10.1 Å². The maximum absolute atomic E-state index is 12.4. The fourth-order valence-electron chi connectivity index (χ4n) is 2.47. The number of hydrogen-bond acceptors (Lipinski definition) is 4. The summed E-state index contributed by atoms with van der Waals surface area (Å²) in [5, 5.41) is 3.25. The van der Waals surface area contributed by atoms with E-state index in [1.807, 2.05) is 12.1 Å². The summed E-state index contributed by atoms with van der Waals surface area (Å²) in [7, 11) is 0. The average molecular weight is 346 g/mol. The summed E-state index contributed by atoms with van der Waals surface area (Å²) in [6, 6.07) is 7.24. The van der Waals surface area contributed by atoms with Gasteiger partial charge in [-0.25, -0.2) is 4.98 Å². The Bertz CT molecular complexity index is 690. The van der Waals surface area contributed by atoms with Gasteiger partial charge in [-0.3, -0.25) is 9.78 Å². The molecule has 1 N–H and O–H groups in total. The van der Waals surface area contributed by atoms with E-state index in [0.717, 1.165) is 32.1 Å². The third-order valence-corrected chi connectivity index (χ3v) is 4.29. The summed E-state index contributed by atoms with van der Waals surface area (Å²) in [5.41, 5.74) is 1.65. The molecule has 0 unspecified atom stereocenters. The van der Waals surface area contributed by atoms with E-state index in [0.29, 0.717) is 23.1 Å². The molecule has 1 amide bonds. The summed E-state index contributed by atoms with van der Waals surface area (Å²) < 4.78 is 5.80. The van der Waals surface area contributed by atoms with Crippen LogP contribution in [-0.4, -0.2) is 28.5 Å². The predicted octanol–water partition coefficient (Wildman–Crippen LogP) is 3.42. The first kappa shape index (κ1) is 16.7. The minimum absolute atomic E-state index is 0.147. The smallest absolute Gasteiger partial charge is 0.256 e. The number of nitrogens with zero attached hydrogens (tertiary/aromatic N) is 2. The second-order valence-corrected chi connectivity index (χ2v) is 6.26. The normalized spacial score (nSPS) is 14.0. The molecular formula is C18H20ClN3O2. The highest BCUT2D eigenvalue weighted by molar-refractivity contribution is 6.29. The van der Waals surface area contributed by atoms with Gasteiger partial charge in [0.1, 0.15) is 16.8 Å². The highest BCUT2D eigenvalue weighted by Crippen LogP contribution is 2.27. The lowest BCUT2D eigenvalue weighted by Gasteiger charge is -2.26. The lowest BCUT2D eigenvalue weighted by Crippen LogP contribution is -2.29. The van der Waals surface area contributed by atoms with Crippen molar-refractivity contribution in [3.63, 3.8) is 0 Å². The number of carbonyl (C=O) groups excluding carboxylic acids is 1. The minimum Gasteiger partial charge on any atom is -0.474 e. The highest BCUT2D eigenvalue weighted by atomic mass is 35.5. The van der Waals surface area contributed by atoms with Gasteiger partial charge in [0.2, 0.25) is 5.88 Å². The first-order chi connectivity index (χ1) is 11.7. The first-order valence-corrected chi connectivity index (χ1v) is 8.60. The van der Waals surface area contributed by atoms with Gasteiger partial charge >= 0.3 is 0 Å². The number of aromatic nitrogens is 2. The van der Waals surface area contributed by atoms with Crippen molar-refractivity contribution in [1.82, 2.24) is 15.3 Å². The molecule has 3 rings (SSSR count). The van der Waals surface area contributed by atoms with Gasteiger partial charge in [-0.15, -0.1) is 0 Å². The van der Waals surface area contributed by atoms with Crippen LogP contribution in [0.15, 0.2) is 36.7 Å². The Labute approximate surface area is 146 Å². The molecule has 0 radical (unpaired) electrons. The molecule has 0 bridgehead atoms. The van der Waals surface area contributed by atoms with E-state index in [-0.39, 0.29) is 12.0 Å². The van der Waals surface area contributed by atoms with E-state index in [1.165, 1.54) is 5.56 Å². The first-order valence-electron chi connectivity index (χ1n) is 8.22. The number of hydrogen-bond donors (Lipinski definition) is 1. The molecule has 2 heterocycles. The number of carbonyl (C=O) groups is 1. The Morgan fingerprint density at radius 3 is 2.75 bits per heavy atom. The molecule has 2 aromatic heterocycles. The third kappa shape index (κ3) is 4.45. The molecule has 1 aliphatic carbocycles. The molecule has 0 aliphatic heterocycles. The molecule has 1 fully saturated rings. The van der Waals surface area contributed by atoms with Crippen LogP contribution in [0.2, 0.25) is 5.15 Å². The van der Waals surface area contributed by atoms with Gasteiger partial charge in [0.15, 0.2) is 0 Å². The second kappa shape index (κ2) is 8.11. The number of ether oxygens (including phenoxy) is 1. The van der Waals surface area contributed by atoms with Crippen LogP contribution in [0.3, 0.4) is 0 Å². The average Bonchev–Trinajstić information content (AvgIpc) is 2.56. The molecule has 0 saturated heterocycles. The molecule has 6 heteroatoms. The van der Waals surface area contributed by atoms with E-state index >= 15 is 0 Å². The quantitative estimate of drug-likeness (QED) is 0.617. The Balaban J connectivity index is 1.54. The Morgan fingerprint density at radius 2 is 2.04 bits per heavy atom. The standard InChI is InChI=1S/C18H20ClN3O2/c19-16-7-6-15(18(22-16)24-14-4-1-5-14)17(23)21-10-2-3-13-8-11-20-12-9-13/h6-9,11-12,14H,1-5,10H2,(H,21,23). The Kier molecular flexibility index (Phi) is 5.64. The molecule has 0 atom stereocenters. The number of rotatable bonds is 7. The van der Waals surface area contributed by atoms with Gasteiger partial charge in [-0.1, -0.05) is 11.6 Å². The van der Waals surface area contributed by atoms with Gasteiger partial charge in [-0.05, 0) is 61.9 Å². The molecule has 24 heavy (non-hydrogen) atoms. The van der Waals surface area contributed by atoms with Crippen molar-refractivity contribution in [3.8, 4) is 5.88 Å². The topological polar surface area (TPSA) is 64.1 Å². The number of nitrogens with one attached hydrogen (secondary N) is 1. The summed E-state index contributed by atoms with van der Waals surface area (Å²) in [6.45, 7) is 0.590.